The minimum atomic E-state index is -1.07. The van der Waals surface area contributed by atoms with Crippen molar-refractivity contribution in [3.8, 4) is 0 Å². The van der Waals surface area contributed by atoms with E-state index in [2.05, 4.69) is 17.5 Å². The quantitative estimate of drug-likeness (QED) is 0.417. The highest BCUT2D eigenvalue weighted by Crippen LogP contribution is 2.65. The molecular weight excluding hydrogens is 415 g/mol. The summed E-state index contributed by atoms with van der Waals surface area (Å²) in [5, 5.41) is 2.51. The lowest BCUT2D eigenvalue weighted by atomic mass is 9.63. The molecule has 2 bridgehead atoms. The Bertz CT molecular complexity index is 984. The van der Waals surface area contributed by atoms with Crippen LogP contribution in [0, 0.1) is 47.2 Å². The number of carbonyl (C=O) groups is 4. The van der Waals surface area contributed by atoms with E-state index in [1.165, 1.54) is 24.3 Å². The molecule has 0 aromatic heterocycles. The van der Waals surface area contributed by atoms with E-state index in [0.29, 0.717) is 17.5 Å². The number of anilines is 1. The third-order valence-corrected chi connectivity index (χ3v) is 7.32. The normalized spacial score (nSPS) is 32.6. The molecule has 7 nitrogen and oxygen atoms in total. The number of esters is 1. The summed E-state index contributed by atoms with van der Waals surface area (Å²) in [4.78, 5) is 52.8. The minimum absolute atomic E-state index is 0.0711. The van der Waals surface area contributed by atoms with Gasteiger partial charge in [-0.1, -0.05) is 26.0 Å². The molecule has 0 radical (unpaired) electrons. The molecule has 7 atom stereocenters. The number of nitrogens with one attached hydrogen (secondary N) is 1. The molecule has 32 heavy (non-hydrogen) atoms. The second-order valence-electron chi connectivity index (χ2n) is 9.55. The van der Waals surface area contributed by atoms with Crippen LogP contribution in [-0.4, -0.2) is 41.2 Å². The monoisotopic (exact) mass is 440 g/mol. The van der Waals surface area contributed by atoms with Gasteiger partial charge in [0.15, 0.2) is 6.61 Å². The van der Waals surface area contributed by atoms with Crippen molar-refractivity contribution in [2.75, 3.05) is 11.9 Å². The zero-order valence-corrected chi connectivity index (χ0v) is 17.9. The number of hydrogen-bond acceptors (Lipinski definition) is 5. The van der Waals surface area contributed by atoms with Crippen LogP contribution in [0.25, 0.3) is 0 Å². The maximum atomic E-state index is 13.3. The molecule has 0 spiro atoms. The SMILES string of the molecule is CC(C)[C@H](C(=O)OCC(=O)Nc1ccc(F)cc1)N1C(=O)[C@@H]2[C@H]3C=C[C@@H]([C@@H]4C[C@@H]34)[C@@H]2C1=O. The lowest BCUT2D eigenvalue weighted by Crippen LogP contribution is -2.49. The van der Waals surface area contributed by atoms with E-state index in [-0.39, 0.29) is 29.6 Å². The summed E-state index contributed by atoms with van der Waals surface area (Å²) < 4.78 is 18.2. The van der Waals surface area contributed by atoms with E-state index in [4.69, 9.17) is 4.74 Å². The number of allylic oxidation sites excluding steroid dienone is 2. The predicted molar refractivity (Wildman–Crippen MR) is 111 cm³/mol. The van der Waals surface area contributed by atoms with E-state index in [1.807, 2.05) is 0 Å². The number of imide groups is 1. The van der Waals surface area contributed by atoms with Crippen LogP contribution < -0.4 is 5.32 Å². The second kappa shape index (κ2) is 7.53. The summed E-state index contributed by atoms with van der Waals surface area (Å²) in [6, 6.07) is 4.11. The van der Waals surface area contributed by atoms with Crippen molar-refractivity contribution in [2.24, 2.45) is 41.4 Å². The van der Waals surface area contributed by atoms with E-state index in [1.54, 1.807) is 13.8 Å². The average Bonchev–Trinajstić information content (AvgIpc) is 3.54. The maximum Gasteiger partial charge on any atom is 0.330 e. The summed E-state index contributed by atoms with van der Waals surface area (Å²) in [5.74, 6) is -2.45. The summed E-state index contributed by atoms with van der Waals surface area (Å²) in [5.41, 5.74) is 0.364. The highest BCUT2D eigenvalue weighted by molar-refractivity contribution is 6.09. The van der Waals surface area contributed by atoms with Gasteiger partial charge in [-0.25, -0.2) is 9.18 Å². The van der Waals surface area contributed by atoms with Gasteiger partial charge in [0.1, 0.15) is 11.9 Å². The smallest absolute Gasteiger partial charge is 0.330 e. The molecule has 5 aliphatic rings. The Labute approximate surface area is 185 Å². The Morgan fingerprint density at radius 1 is 1.06 bits per heavy atom. The maximum absolute atomic E-state index is 13.3. The summed E-state index contributed by atoms with van der Waals surface area (Å²) in [6.45, 7) is 2.92. The number of halogens is 1. The fourth-order valence-electron chi connectivity index (χ4n) is 5.88. The number of carbonyl (C=O) groups excluding carboxylic acids is 4. The molecule has 168 valence electrons. The summed E-state index contributed by atoms with van der Waals surface area (Å²) in [6.07, 6.45) is 5.23. The van der Waals surface area contributed by atoms with Crippen LogP contribution in [-0.2, 0) is 23.9 Å². The van der Waals surface area contributed by atoms with Crippen molar-refractivity contribution in [1.82, 2.24) is 4.90 Å². The van der Waals surface area contributed by atoms with Crippen LogP contribution in [0.15, 0.2) is 36.4 Å². The van der Waals surface area contributed by atoms with Gasteiger partial charge in [-0.3, -0.25) is 19.3 Å². The van der Waals surface area contributed by atoms with Gasteiger partial charge in [0, 0.05) is 5.69 Å². The van der Waals surface area contributed by atoms with Gasteiger partial charge in [-0.15, -0.1) is 0 Å². The molecule has 1 aromatic rings. The van der Waals surface area contributed by atoms with E-state index >= 15 is 0 Å². The lowest BCUT2D eigenvalue weighted by Gasteiger charge is -2.37. The fraction of sp³-hybridized carbons (Fsp3) is 0.500. The van der Waals surface area contributed by atoms with Crippen molar-refractivity contribution >= 4 is 29.4 Å². The van der Waals surface area contributed by atoms with Crippen molar-refractivity contribution in [2.45, 2.75) is 26.3 Å². The highest BCUT2D eigenvalue weighted by Gasteiger charge is 2.68. The molecule has 0 unspecified atom stereocenters. The number of amides is 3. The standard InChI is InChI=1S/C24H25FN2O5/c1-11(2)21(24(31)32-10-18(28)26-13-5-3-12(25)4-6-13)27-22(29)19-14-7-8-15(17-9-16(14)17)20(19)23(27)30/h3-8,11,14-17,19-21H,9-10H2,1-2H3,(H,26,28)/t14-,15-,16-,17-,19-,20+,21+/m0/s1. The number of rotatable bonds is 6. The van der Waals surface area contributed by atoms with Crippen LogP contribution >= 0.6 is 0 Å². The number of nitrogens with zero attached hydrogens (tertiary/aromatic N) is 1. The van der Waals surface area contributed by atoms with Gasteiger partial charge < -0.3 is 10.1 Å². The third-order valence-electron chi connectivity index (χ3n) is 7.32. The topological polar surface area (TPSA) is 92.8 Å². The van der Waals surface area contributed by atoms with Crippen LogP contribution in [0.1, 0.15) is 20.3 Å². The molecular formula is C24H25FN2O5. The molecule has 1 N–H and O–H groups in total. The third kappa shape index (κ3) is 3.24. The Morgan fingerprint density at radius 3 is 2.16 bits per heavy atom. The molecule has 6 rings (SSSR count). The second-order valence-corrected chi connectivity index (χ2v) is 9.55. The average molecular weight is 440 g/mol. The molecule has 8 heteroatoms. The van der Waals surface area contributed by atoms with Crippen LogP contribution in [0.5, 0.6) is 0 Å². The lowest BCUT2D eigenvalue weighted by molar-refractivity contribution is -0.162. The van der Waals surface area contributed by atoms with Crippen LogP contribution in [0.2, 0.25) is 0 Å². The van der Waals surface area contributed by atoms with E-state index < -0.39 is 42.2 Å². The zero-order valence-electron chi connectivity index (χ0n) is 17.9. The molecule has 3 amide bonds. The number of ether oxygens (including phenoxy) is 1. The van der Waals surface area contributed by atoms with Crippen molar-refractivity contribution in [1.29, 1.82) is 0 Å². The van der Waals surface area contributed by atoms with Gasteiger partial charge in [0.25, 0.3) is 5.91 Å². The van der Waals surface area contributed by atoms with Crippen molar-refractivity contribution in [3.05, 3.63) is 42.2 Å². The van der Waals surface area contributed by atoms with Gasteiger partial charge in [0.05, 0.1) is 11.8 Å². The number of likely N-dealkylation sites (tertiary alicyclic amines) is 1. The van der Waals surface area contributed by atoms with Crippen LogP contribution in [0.4, 0.5) is 10.1 Å². The first-order valence-electron chi connectivity index (χ1n) is 11.0. The Hall–Kier alpha value is -3.03. The Balaban J connectivity index is 1.27. The van der Waals surface area contributed by atoms with Crippen molar-refractivity contribution in [3.63, 3.8) is 0 Å². The summed E-state index contributed by atoms with van der Waals surface area (Å²) >= 11 is 0. The Morgan fingerprint density at radius 2 is 1.62 bits per heavy atom. The molecule has 1 aliphatic heterocycles. The van der Waals surface area contributed by atoms with E-state index in [0.717, 1.165) is 11.3 Å². The minimum Gasteiger partial charge on any atom is -0.454 e. The molecule has 1 aromatic carbocycles. The molecule has 1 heterocycles. The Kier molecular flexibility index (Phi) is 4.91. The van der Waals surface area contributed by atoms with Crippen LogP contribution in [0.3, 0.4) is 0 Å². The fourth-order valence-corrected chi connectivity index (χ4v) is 5.88. The summed E-state index contributed by atoms with van der Waals surface area (Å²) in [7, 11) is 0. The van der Waals surface area contributed by atoms with Gasteiger partial charge in [-0.2, -0.15) is 0 Å². The first kappa shape index (κ1) is 20.8. The molecule has 2 saturated carbocycles. The van der Waals surface area contributed by atoms with Gasteiger partial charge in [-0.05, 0) is 60.3 Å². The van der Waals surface area contributed by atoms with E-state index in [9.17, 15) is 23.6 Å². The van der Waals surface area contributed by atoms with Gasteiger partial charge >= 0.3 is 5.97 Å². The molecule has 1 saturated heterocycles. The predicted octanol–water partition coefficient (Wildman–Crippen LogP) is 2.39. The first-order valence-corrected chi connectivity index (χ1v) is 11.0. The first-order chi connectivity index (χ1) is 15.3. The molecule has 3 fully saturated rings. The zero-order chi connectivity index (χ0) is 22.7. The molecule has 4 aliphatic carbocycles. The number of hydrogen-bond donors (Lipinski definition) is 1. The largest absolute Gasteiger partial charge is 0.454 e. The highest BCUT2D eigenvalue weighted by atomic mass is 19.1. The van der Waals surface area contributed by atoms with Crippen molar-refractivity contribution < 1.29 is 28.3 Å². The number of benzene rings is 1. The van der Waals surface area contributed by atoms with Gasteiger partial charge in [0.2, 0.25) is 11.8 Å².